The van der Waals surface area contributed by atoms with Crippen LogP contribution < -0.4 is 4.74 Å². The van der Waals surface area contributed by atoms with E-state index in [4.69, 9.17) is 9.47 Å². The summed E-state index contributed by atoms with van der Waals surface area (Å²) in [6.07, 6.45) is 6.65. The number of benzene rings is 1. The van der Waals surface area contributed by atoms with Gasteiger partial charge in [-0.2, -0.15) is 0 Å². The SMILES string of the molecule is C=Cc1cccc(CCCN(Cc2nc(C(=O)OCC)c(C)s2)C(=O)C2(c3ccc(OC)cn3)CC2)c1. The molecule has 37 heavy (non-hydrogen) atoms. The Bertz CT molecular complexity index is 1260. The standard InChI is InChI=1S/C29H33N3O4S/c1-5-21-9-7-10-22(17-21)11-8-16-32(19-25-31-26(20(3)37-25)27(33)36-6-2)28(34)29(14-15-29)24-13-12-23(35-4)18-30-24/h5,7,9-10,12-13,17-18H,1,6,8,11,14-16,19H2,2-4H3. The van der Waals surface area contributed by atoms with Gasteiger partial charge in [0.05, 0.1) is 37.6 Å². The third kappa shape index (κ3) is 6.07. The monoisotopic (exact) mass is 519 g/mol. The number of pyridine rings is 1. The molecular formula is C29H33N3O4S. The first kappa shape index (κ1) is 26.5. The third-order valence-electron chi connectivity index (χ3n) is 6.62. The second kappa shape index (κ2) is 11.7. The van der Waals surface area contributed by atoms with Crippen molar-refractivity contribution in [1.29, 1.82) is 0 Å². The number of aryl methyl sites for hydroxylation is 2. The molecule has 8 heteroatoms. The number of thiazole rings is 1. The number of rotatable bonds is 12. The number of carbonyl (C=O) groups is 2. The minimum Gasteiger partial charge on any atom is -0.495 e. The zero-order valence-corrected chi connectivity index (χ0v) is 22.5. The second-order valence-corrected chi connectivity index (χ2v) is 10.5. The quantitative estimate of drug-likeness (QED) is 0.299. The zero-order chi connectivity index (χ0) is 26.4. The lowest BCUT2D eigenvalue weighted by molar-refractivity contribution is -0.134. The predicted octanol–water partition coefficient (Wildman–Crippen LogP) is 5.37. The number of aromatic nitrogens is 2. The Labute approximate surface area is 222 Å². The lowest BCUT2D eigenvalue weighted by atomic mass is 9.99. The number of hydrogen-bond donors (Lipinski definition) is 0. The first-order valence-electron chi connectivity index (χ1n) is 12.5. The van der Waals surface area contributed by atoms with Crippen molar-refractivity contribution in [3.8, 4) is 5.75 Å². The van der Waals surface area contributed by atoms with Gasteiger partial charge in [-0.25, -0.2) is 9.78 Å². The van der Waals surface area contributed by atoms with Crippen LogP contribution in [0.5, 0.6) is 5.75 Å². The molecule has 2 aromatic heterocycles. The minimum atomic E-state index is -0.620. The Morgan fingerprint density at radius 3 is 2.70 bits per heavy atom. The third-order valence-corrected chi connectivity index (χ3v) is 7.58. The molecule has 194 valence electrons. The van der Waals surface area contributed by atoms with Crippen molar-refractivity contribution in [3.63, 3.8) is 0 Å². The molecule has 2 heterocycles. The van der Waals surface area contributed by atoms with E-state index >= 15 is 0 Å². The molecule has 0 bridgehead atoms. The molecular weight excluding hydrogens is 486 g/mol. The van der Waals surface area contributed by atoms with E-state index in [1.165, 1.54) is 16.9 Å². The highest BCUT2D eigenvalue weighted by Gasteiger charge is 2.54. The number of nitrogens with zero attached hydrogens (tertiary/aromatic N) is 3. The van der Waals surface area contributed by atoms with Crippen LogP contribution in [-0.4, -0.2) is 47.0 Å². The van der Waals surface area contributed by atoms with Crippen LogP contribution in [0, 0.1) is 6.92 Å². The summed E-state index contributed by atoms with van der Waals surface area (Å²) in [5.74, 6) is 0.287. The summed E-state index contributed by atoms with van der Waals surface area (Å²) in [5, 5.41) is 0.723. The van der Waals surface area contributed by atoms with Gasteiger partial charge in [0.25, 0.3) is 0 Å². The fraction of sp³-hybridized carbons (Fsp3) is 0.379. The molecule has 1 saturated carbocycles. The lowest BCUT2D eigenvalue weighted by Gasteiger charge is -2.27. The fourth-order valence-corrected chi connectivity index (χ4v) is 5.40. The molecule has 1 aromatic carbocycles. The van der Waals surface area contributed by atoms with Crippen LogP contribution in [0.25, 0.3) is 6.08 Å². The molecule has 0 unspecified atom stereocenters. The van der Waals surface area contributed by atoms with Crippen LogP contribution in [0.15, 0.2) is 49.2 Å². The van der Waals surface area contributed by atoms with Crippen LogP contribution in [-0.2, 0) is 27.9 Å². The van der Waals surface area contributed by atoms with E-state index in [9.17, 15) is 9.59 Å². The average Bonchev–Trinajstić information content (AvgIpc) is 3.64. The number of methoxy groups -OCH3 is 1. The van der Waals surface area contributed by atoms with Gasteiger partial charge in [-0.15, -0.1) is 11.3 Å². The first-order valence-corrected chi connectivity index (χ1v) is 13.4. The van der Waals surface area contributed by atoms with Gasteiger partial charge in [-0.05, 0) is 62.8 Å². The van der Waals surface area contributed by atoms with Gasteiger partial charge in [0.2, 0.25) is 5.91 Å². The summed E-state index contributed by atoms with van der Waals surface area (Å²) in [5.41, 5.74) is 2.76. The van der Waals surface area contributed by atoms with Crippen LogP contribution in [0.3, 0.4) is 0 Å². The van der Waals surface area contributed by atoms with E-state index in [2.05, 4.69) is 28.7 Å². The topological polar surface area (TPSA) is 81.6 Å². The van der Waals surface area contributed by atoms with Crippen molar-refractivity contribution < 1.29 is 19.1 Å². The van der Waals surface area contributed by atoms with Gasteiger partial charge in [0.1, 0.15) is 10.8 Å². The summed E-state index contributed by atoms with van der Waals surface area (Å²) in [6, 6.07) is 12.0. The maximum atomic E-state index is 14.0. The highest BCUT2D eigenvalue weighted by Crippen LogP contribution is 2.49. The highest BCUT2D eigenvalue weighted by molar-refractivity contribution is 7.11. The number of ether oxygens (including phenoxy) is 2. The molecule has 1 amide bonds. The summed E-state index contributed by atoms with van der Waals surface area (Å²) < 4.78 is 10.4. The van der Waals surface area contributed by atoms with E-state index < -0.39 is 11.4 Å². The maximum absolute atomic E-state index is 14.0. The molecule has 1 aliphatic carbocycles. The molecule has 3 aromatic rings. The smallest absolute Gasteiger partial charge is 0.358 e. The Morgan fingerprint density at radius 2 is 2.05 bits per heavy atom. The van der Waals surface area contributed by atoms with E-state index in [-0.39, 0.29) is 5.91 Å². The Balaban J connectivity index is 1.55. The van der Waals surface area contributed by atoms with E-state index in [1.807, 2.05) is 42.2 Å². The molecule has 0 atom stereocenters. The molecule has 4 rings (SSSR count). The van der Waals surface area contributed by atoms with Crippen molar-refractivity contribution in [3.05, 3.63) is 81.6 Å². The van der Waals surface area contributed by atoms with Crippen LogP contribution in [0.2, 0.25) is 0 Å². The van der Waals surface area contributed by atoms with E-state index in [0.717, 1.165) is 46.8 Å². The molecule has 0 N–H and O–H groups in total. The molecule has 1 aliphatic rings. The van der Waals surface area contributed by atoms with Crippen molar-refractivity contribution in [1.82, 2.24) is 14.9 Å². The summed E-state index contributed by atoms with van der Waals surface area (Å²) in [6.45, 7) is 8.69. The van der Waals surface area contributed by atoms with Crippen molar-refractivity contribution in [2.24, 2.45) is 0 Å². The largest absolute Gasteiger partial charge is 0.495 e. The van der Waals surface area contributed by atoms with Crippen LogP contribution in [0.4, 0.5) is 0 Å². The molecule has 7 nitrogen and oxygen atoms in total. The average molecular weight is 520 g/mol. The van der Waals surface area contributed by atoms with Gasteiger partial charge < -0.3 is 14.4 Å². The lowest BCUT2D eigenvalue weighted by Crippen LogP contribution is -2.40. The Morgan fingerprint density at radius 1 is 1.24 bits per heavy atom. The maximum Gasteiger partial charge on any atom is 0.358 e. The Kier molecular flexibility index (Phi) is 8.38. The van der Waals surface area contributed by atoms with Crippen LogP contribution in [0.1, 0.15) is 63.4 Å². The molecule has 0 saturated heterocycles. The number of carbonyl (C=O) groups excluding carboxylic acids is 2. The van der Waals surface area contributed by atoms with Crippen LogP contribution >= 0.6 is 11.3 Å². The number of amides is 1. The van der Waals surface area contributed by atoms with E-state index in [0.29, 0.717) is 31.1 Å². The van der Waals surface area contributed by atoms with Gasteiger partial charge >= 0.3 is 5.97 Å². The summed E-state index contributed by atoms with van der Waals surface area (Å²) in [7, 11) is 1.60. The summed E-state index contributed by atoms with van der Waals surface area (Å²) >= 11 is 1.43. The molecule has 0 spiro atoms. The fourth-order valence-electron chi connectivity index (χ4n) is 4.46. The highest BCUT2D eigenvalue weighted by atomic mass is 32.1. The number of hydrogen-bond acceptors (Lipinski definition) is 7. The molecule has 1 fully saturated rings. The van der Waals surface area contributed by atoms with Gasteiger partial charge in [0.15, 0.2) is 5.69 Å². The molecule has 0 aliphatic heterocycles. The second-order valence-electron chi connectivity index (χ2n) is 9.18. The first-order chi connectivity index (χ1) is 17.9. The summed E-state index contributed by atoms with van der Waals surface area (Å²) in [4.78, 5) is 38.0. The van der Waals surface area contributed by atoms with Crippen molar-refractivity contribution >= 4 is 29.3 Å². The molecule has 0 radical (unpaired) electrons. The van der Waals surface area contributed by atoms with Crippen molar-refractivity contribution in [2.45, 2.75) is 51.5 Å². The van der Waals surface area contributed by atoms with Gasteiger partial charge in [0, 0.05) is 11.4 Å². The van der Waals surface area contributed by atoms with Gasteiger partial charge in [-0.3, -0.25) is 9.78 Å². The Hall–Kier alpha value is -3.52. The minimum absolute atomic E-state index is 0.0514. The van der Waals surface area contributed by atoms with Gasteiger partial charge in [-0.1, -0.05) is 36.9 Å². The predicted molar refractivity (Wildman–Crippen MR) is 145 cm³/mol. The normalized spacial score (nSPS) is 13.6. The van der Waals surface area contributed by atoms with E-state index in [1.54, 1.807) is 20.2 Å². The van der Waals surface area contributed by atoms with Crippen molar-refractivity contribution in [2.75, 3.05) is 20.3 Å². The zero-order valence-electron chi connectivity index (χ0n) is 21.7. The number of esters is 1.